The molecule has 4 heteroatoms. The van der Waals surface area contributed by atoms with Gasteiger partial charge in [-0.1, -0.05) is 25.1 Å². The molecule has 1 aromatic heterocycles. The number of rotatable bonds is 8. The highest BCUT2D eigenvalue weighted by molar-refractivity contribution is 5.23. The number of nitrogens with one attached hydrogen (secondary N) is 1. The summed E-state index contributed by atoms with van der Waals surface area (Å²) in [5.74, 6) is 1.48. The summed E-state index contributed by atoms with van der Waals surface area (Å²) in [6, 6.07) is 14.0. The van der Waals surface area contributed by atoms with E-state index in [1.807, 2.05) is 42.5 Å². The first-order valence-corrected chi connectivity index (χ1v) is 7.29. The summed E-state index contributed by atoms with van der Waals surface area (Å²) in [4.78, 5) is 4.22. The van der Waals surface area contributed by atoms with Gasteiger partial charge in [0.2, 0.25) is 5.88 Å². The summed E-state index contributed by atoms with van der Waals surface area (Å²) in [5.41, 5.74) is 1.17. The minimum Gasteiger partial charge on any atom is -0.490 e. The van der Waals surface area contributed by atoms with Crippen LogP contribution >= 0.6 is 0 Å². The molecule has 1 atom stereocenters. The topological polar surface area (TPSA) is 43.4 Å². The highest BCUT2D eigenvalue weighted by Gasteiger charge is 2.05. The van der Waals surface area contributed by atoms with Gasteiger partial charge >= 0.3 is 0 Å². The van der Waals surface area contributed by atoms with Crippen LogP contribution in [0.4, 0.5) is 0 Å². The number of hydrogen-bond donors (Lipinski definition) is 1. The molecule has 21 heavy (non-hydrogen) atoms. The monoisotopic (exact) mass is 286 g/mol. The first kappa shape index (κ1) is 15.3. The lowest BCUT2D eigenvalue weighted by Crippen LogP contribution is -2.18. The van der Waals surface area contributed by atoms with E-state index in [0.29, 0.717) is 25.1 Å². The fourth-order valence-electron chi connectivity index (χ4n) is 2.02. The predicted octanol–water partition coefficient (Wildman–Crippen LogP) is 3.21. The molecule has 112 valence electrons. The Hall–Kier alpha value is -2.07. The molecule has 1 unspecified atom stereocenters. The quantitative estimate of drug-likeness (QED) is 0.757. The first-order valence-electron chi connectivity index (χ1n) is 7.29. The second-order valence-corrected chi connectivity index (χ2v) is 4.72. The molecule has 0 amide bonds. The summed E-state index contributed by atoms with van der Waals surface area (Å²) in [6.45, 7) is 6.13. The summed E-state index contributed by atoms with van der Waals surface area (Å²) < 4.78 is 11.2. The van der Waals surface area contributed by atoms with Gasteiger partial charge in [-0.25, -0.2) is 4.98 Å². The number of ether oxygens (including phenoxy) is 2. The van der Waals surface area contributed by atoms with E-state index in [1.54, 1.807) is 6.20 Å². The van der Waals surface area contributed by atoms with Crippen molar-refractivity contribution in [3.63, 3.8) is 0 Å². The van der Waals surface area contributed by atoms with E-state index in [0.717, 1.165) is 12.3 Å². The van der Waals surface area contributed by atoms with Crippen LogP contribution in [0.3, 0.4) is 0 Å². The van der Waals surface area contributed by atoms with E-state index in [-0.39, 0.29) is 0 Å². The van der Waals surface area contributed by atoms with Crippen LogP contribution in [-0.4, -0.2) is 24.7 Å². The van der Waals surface area contributed by atoms with Gasteiger partial charge in [-0.3, -0.25) is 0 Å². The SMILES string of the molecule is CCNC(C)c1ccnc(OCCOc2ccccc2)c1. The van der Waals surface area contributed by atoms with Gasteiger partial charge in [-0.15, -0.1) is 0 Å². The van der Waals surface area contributed by atoms with Crippen LogP contribution in [0.1, 0.15) is 25.5 Å². The van der Waals surface area contributed by atoms with Gasteiger partial charge < -0.3 is 14.8 Å². The van der Waals surface area contributed by atoms with Gasteiger partial charge in [0.25, 0.3) is 0 Å². The molecule has 0 saturated heterocycles. The molecule has 4 nitrogen and oxygen atoms in total. The Morgan fingerprint density at radius 1 is 1.10 bits per heavy atom. The van der Waals surface area contributed by atoms with Crippen molar-refractivity contribution in [2.45, 2.75) is 19.9 Å². The normalized spacial score (nSPS) is 11.9. The van der Waals surface area contributed by atoms with Gasteiger partial charge in [0, 0.05) is 18.3 Å². The molecule has 1 heterocycles. The molecule has 0 aliphatic heterocycles. The molecule has 0 saturated carbocycles. The maximum Gasteiger partial charge on any atom is 0.213 e. The zero-order valence-electron chi connectivity index (χ0n) is 12.6. The lowest BCUT2D eigenvalue weighted by Gasteiger charge is -2.13. The Morgan fingerprint density at radius 3 is 2.62 bits per heavy atom. The minimum atomic E-state index is 0.293. The van der Waals surface area contributed by atoms with E-state index in [2.05, 4.69) is 24.1 Å². The maximum absolute atomic E-state index is 5.63. The molecule has 0 radical (unpaired) electrons. The number of para-hydroxylation sites is 1. The molecular formula is C17H22N2O2. The summed E-state index contributed by atoms with van der Waals surface area (Å²) >= 11 is 0. The van der Waals surface area contributed by atoms with E-state index in [9.17, 15) is 0 Å². The molecule has 0 spiro atoms. The van der Waals surface area contributed by atoms with Crippen LogP contribution in [-0.2, 0) is 0 Å². The van der Waals surface area contributed by atoms with Crippen LogP contribution in [0, 0.1) is 0 Å². The fraction of sp³-hybridized carbons (Fsp3) is 0.353. The lowest BCUT2D eigenvalue weighted by atomic mass is 10.1. The smallest absolute Gasteiger partial charge is 0.213 e. The average molecular weight is 286 g/mol. The lowest BCUT2D eigenvalue weighted by molar-refractivity contribution is 0.211. The van der Waals surface area contributed by atoms with Crippen LogP contribution in [0.25, 0.3) is 0 Å². The van der Waals surface area contributed by atoms with Crippen molar-refractivity contribution in [2.24, 2.45) is 0 Å². The molecular weight excluding hydrogens is 264 g/mol. The van der Waals surface area contributed by atoms with Gasteiger partial charge in [0.1, 0.15) is 19.0 Å². The summed E-state index contributed by atoms with van der Waals surface area (Å²) in [6.07, 6.45) is 1.77. The van der Waals surface area contributed by atoms with Crippen molar-refractivity contribution in [3.8, 4) is 11.6 Å². The van der Waals surface area contributed by atoms with E-state index < -0.39 is 0 Å². The molecule has 0 fully saturated rings. The Morgan fingerprint density at radius 2 is 1.86 bits per heavy atom. The molecule has 0 bridgehead atoms. The second-order valence-electron chi connectivity index (χ2n) is 4.72. The van der Waals surface area contributed by atoms with Crippen molar-refractivity contribution in [1.82, 2.24) is 10.3 Å². The molecule has 0 aliphatic rings. The van der Waals surface area contributed by atoms with Gasteiger partial charge in [-0.05, 0) is 37.2 Å². The predicted molar refractivity (Wildman–Crippen MR) is 83.8 cm³/mol. The third-order valence-corrected chi connectivity index (χ3v) is 3.11. The first-order chi connectivity index (χ1) is 10.3. The number of benzene rings is 1. The Kier molecular flexibility index (Phi) is 6.03. The highest BCUT2D eigenvalue weighted by Crippen LogP contribution is 2.16. The van der Waals surface area contributed by atoms with E-state index >= 15 is 0 Å². The fourth-order valence-corrected chi connectivity index (χ4v) is 2.02. The zero-order chi connectivity index (χ0) is 14.9. The van der Waals surface area contributed by atoms with Crippen molar-refractivity contribution in [1.29, 1.82) is 0 Å². The zero-order valence-corrected chi connectivity index (χ0v) is 12.6. The Labute approximate surface area is 126 Å². The molecule has 2 rings (SSSR count). The van der Waals surface area contributed by atoms with Crippen LogP contribution in [0.2, 0.25) is 0 Å². The number of nitrogens with zero attached hydrogens (tertiary/aromatic N) is 1. The van der Waals surface area contributed by atoms with Crippen LogP contribution in [0.15, 0.2) is 48.7 Å². The minimum absolute atomic E-state index is 0.293. The molecule has 0 aliphatic carbocycles. The van der Waals surface area contributed by atoms with Crippen LogP contribution < -0.4 is 14.8 Å². The van der Waals surface area contributed by atoms with E-state index in [1.165, 1.54) is 5.56 Å². The number of aromatic nitrogens is 1. The average Bonchev–Trinajstić information content (AvgIpc) is 2.53. The molecule has 1 N–H and O–H groups in total. The standard InChI is InChI=1S/C17H22N2O2/c1-3-18-14(2)15-9-10-19-17(13-15)21-12-11-20-16-7-5-4-6-8-16/h4-10,13-14,18H,3,11-12H2,1-2H3. The summed E-state index contributed by atoms with van der Waals surface area (Å²) in [7, 11) is 0. The van der Waals surface area contributed by atoms with Crippen molar-refractivity contribution in [3.05, 3.63) is 54.2 Å². The third kappa shape index (κ3) is 5.08. The third-order valence-electron chi connectivity index (χ3n) is 3.11. The Balaban J connectivity index is 1.79. The van der Waals surface area contributed by atoms with Gasteiger partial charge in [0.05, 0.1) is 0 Å². The van der Waals surface area contributed by atoms with Gasteiger partial charge in [0.15, 0.2) is 0 Å². The summed E-state index contributed by atoms with van der Waals surface area (Å²) in [5, 5.41) is 3.37. The maximum atomic E-state index is 5.63. The van der Waals surface area contributed by atoms with Gasteiger partial charge in [-0.2, -0.15) is 0 Å². The highest BCUT2D eigenvalue weighted by atomic mass is 16.5. The number of pyridine rings is 1. The van der Waals surface area contributed by atoms with Crippen molar-refractivity contribution < 1.29 is 9.47 Å². The van der Waals surface area contributed by atoms with Crippen LogP contribution in [0.5, 0.6) is 11.6 Å². The Bertz CT molecular complexity index is 531. The molecule has 1 aromatic carbocycles. The largest absolute Gasteiger partial charge is 0.490 e. The number of hydrogen-bond acceptors (Lipinski definition) is 4. The van der Waals surface area contributed by atoms with Crippen molar-refractivity contribution >= 4 is 0 Å². The van der Waals surface area contributed by atoms with E-state index in [4.69, 9.17) is 9.47 Å². The van der Waals surface area contributed by atoms with Crippen molar-refractivity contribution in [2.75, 3.05) is 19.8 Å². The molecule has 2 aromatic rings. The second kappa shape index (κ2) is 8.27.